The third kappa shape index (κ3) is 2.59. The Morgan fingerprint density at radius 1 is 0.905 bits per heavy atom. The van der Waals surface area contributed by atoms with Crippen LogP contribution in [0.4, 0.5) is 5.69 Å². The SMILES string of the molecule is O=[N+]([O-])c1cc(Br)ccc1-c1cccc2cccc(Br)c12. The van der Waals surface area contributed by atoms with Gasteiger partial charge in [-0.05, 0) is 29.1 Å². The number of nitro groups is 1. The zero-order valence-electron chi connectivity index (χ0n) is 10.7. The molecule has 0 atom stereocenters. The molecule has 21 heavy (non-hydrogen) atoms. The second-order valence-electron chi connectivity index (χ2n) is 4.56. The van der Waals surface area contributed by atoms with Gasteiger partial charge in [0.1, 0.15) is 0 Å². The summed E-state index contributed by atoms with van der Waals surface area (Å²) in [6.45, 7) is 0. The minimum atomic E-state index is -0.351. The molecular formula is C16H9Br2NO2. The van der Waals surface area contributed by atoms with Gasteiger partial charge in [0, 0.05) is 20.4 Å². The number of halogens is 2. The largest absolute Gasteiger partial charge is 0.278 e. The van der Waals surface area contributed by atoms with E-state index in [0.29, 0.717) is 10.0 Å². The zero-order valence-corrected chi connectivity index (χ0v) is 13.9. The molecule has 104 valence electrons. The van der Waals surface area contributed by atoms with Crippen LogP contribution in [0.3, 0.4) is 0 Å². The van der Waals surface area contributed by atoms with E-state index in [-0.39, 0.29) is 10.6 Å². The molecule has 0 aromatic heterocycles. The second kappa shape index (κ2) is 5.58. The molecule has 5 heteroatoms. The zero-order chi connectivity index (χ0) is 15.0. The highest BCUT2D eigenvalue weighted by molar-refractivity contribution is 9.11. The van der Waals surface area contributed by atoms with Gasteiger partial charge >= 0.3 is 0 Å². The summed E-state index contributed by atoms with van der Waals surface area (Å²) in [4.78, 5) is 11.0. The molecule has 0 aliphatic heterocycles. The number of rotatable bonds is 2. The summed E-state index contributed by atoms with van der Waals surface area (Å²) >= 11 is 6.83. The van der Waals surface area contributed by atoms with Crippen LogP contribution < -0.4 is 0 Å². The van der Waals surface area contributed by atoms with Crippen LogP contribution in [0.15, 0.2) is 63.5 Å². The van der Waals surface area contributed by atoms with Crippen molar-refractivity contribution in [1.29, 1.82) is 0 Å². The van der Waals surface area contributed by atoms with Gasteiger partial charge in [-0.3, -0.25) is 10.1 Å². The lowest BCUT2D eigenvalue weighted by Crippen LogP contribution is -1.93. The average molecular weight is 407 g/mol. The maximum absolute atomic E-state index is 11.3. The van der Waals surface area contributed by atoms with Crippen LogP contribution in [-0.2, 0) is 0 Å². The smallest absolute Gasteiger partial charge is 0.258 e. The number of nitro benzene ring substituents is 1. The van der Waals surface area contributed by atoms with E-state index in [0.717, 1.165) is 20.8 Å². The van der Waals surface area contributed by atoms with Crippen LogP contribution in [0.2, 0.25) is 0 Å². The first-order valence-corrected chi connectivity index (χ1v) is 7.78. The van der Waals surface area contributed by atoms with E-state index >= 15 is 0 Å². The highest BCUT2D eigenvalue weighted by Crippen LogP contribution is 2.39. The summed E-state index contributed by atoms with van der Waals surface area (Å²) in [6, 6.07) is 16.8. The topological polar surface area (TPSA) is 43.1 Å². The third-order valence-corrected chi connectivity index (χ3v) is 4.45. The van der Waals surface area contributed by atoms with Gasteiger partial charge in [-0.15, -0.1) is 0 Å². The first-order valence-electron chi connectivity index (χ1n) is 6.19. The Balaban J connectivity index is 2.39. The molecule has 0 aliphatic carbocycles. The Morgan fingerprint density at radius 2 is 1.62 bits per heavy atom. The molecule has 0 amide bonds. The highest BCUT2D eigenvalue weighted by atomic mass is 79.9. The van der Waals surface area contributed by atoms with Crippen molar-refractivity contribution in [2.24, 2.45) is 0 Å². The summed E-state index contributed by atoms with van der Waals surface area (Å²) in [5.74, 6) is 0. The standard InChI is InChI=1S/C16H9Br2NO2/c17-11-7-8-12(15(9-11)19(20)21)13-5-1-3-10-4-2-6-14(18)16(10)13/h1-9H. The van der Waals surface area contributed by atoms with E-state index in [1.807, 2.05) is 42.5 Å². The van der Waals surface area contributed by atoms with Crippen molar-refractivity contribution in [1.82, 2.24) is 0 Å². The molecule has 0 saturated carbocycles. The Bertz CT molecular complexity index is 857. The second-order valence-corrected chi connectivity index (χ2v) is 6.33. The van der Waals surface area contributed by atoms with Gasteiger partial charge in [-0.25, -0.2) is 0 Å². The maximum Gasteiger partial charge on any atom is 0.278 e. The summed E-state index contributed by atoms with van der Waals surface area (Å²) in [5.41, 5.74) is 1.55. The fourth-order valence-electron chi connectivity index (χ4n) is 2.40. The molecule has 0 radical (unpaired) electrons. The molecule has 0 N–H and O–H groups in total. The fourth-order valence-corrected chi connectivity index (χ4v) is 3.35. The minimum absolute atomic E-state index is 0.0904. The fraction of sp³-hybridized carbons (Fsp3) is 0. The van der Waals surface area contributed by atoms with Gasteiger partial charge < -0.3 is 0 Å². The van der Waals surface area contributed by atoms with Gasteiger partial charge in [0.2, 0.25) is 0 Å². The monoisotopic (exact) mass is 405 g/mol. The Kier molecular flexibility index (Phi) is 3.78. The lowest BCUT2D eigenvalue weighted by atomic mass is 9.97. The molecule has 0 saturated heterocycles. The van der Waals surface area contributed by atoms with Crippen LogP contribution in [0.25, 0.3) is 21.9 Å². The molecule has 0 spiro atoms. The first-order chi connectivity index (χ1) is 10.1. The van der Waals surface area contributed by atoms with Crippen LogP contribution in [0, 0.1) is 10.1 Å². The van der Waals surface area contributed by atoms with Crippen LogP contribution >= 0.6 is 31.9 Å². The van der Waals surface area contributed by atoms with Gasteiger partial charge in [-0.1, -0.05) is 62.2 Å². The quantitative estimate of drug-likeness (QED) is 0.390. The van der Waals surface area contributed by atoms with Crippen molar-refractivity contribution in [3.05, 3.63) is 73.7 Å². The van der Waals surface area contributed by atoms with Crippen LogP contribution in [0.5, 0.6) is 0 Å². The number of hydrogen-bond donors (Lipinski definition) is 0. The third-order valence-electron chi connectivity index (χ3n) is 3.30. The highest BCUT2D eigenvalue weighted by Gasteiger charge is 2.18. The minimum Gasteiger partial charge on any atom is -0.258 e. The normalized spacial score (nSPS) is 10.8. The van der Waals surface area contributed by atoms with Crippen molar-refractivity contribution >= 4 is 48.3 Å². The van der Waals surface area contributed by atoms with Gasteiger partial charge in [0.15, 0.2) is 0 Å². The number of nitrogens with zero attached hydrogens (tertiary/aromatic N) is 1. The van der Waals surface area contributed by atoms with E-state index in [4.69, 9.17) is 0 Å². The van der Waals surface area contributed by atoms with E-state index in [1.165, 1.54) is 6.07 Å². The molecule has 0 heterocycles. The summed E-state index contributed by atoms with van der Waals surface area (Å²) in [7, 11) is 0. The van der Waals surface area contributed by atoms with E-state index < -0.39 is 0 Å². The maximum atomic E-state index is 11.3. The van der Waals surface area contributed by atoms with Crippen molar-refractivity contribution in [2.75, 3.05) is 0 Å². The van der Waals surface area contributed by atoms with Gasteiger partial charge in [0.05, 0.1) is 10.5 Å². The molecule has 0 aliphatic rings. The molecule has 3 nitrogen and oxygen atoms in total. The lowest BCUT2D eigenvalue weighted by Gasteiger charge is -2.09. The Labute approximate surface area is 138 Å². The summed E-state index contributed by atoms with van der Waals surface area (Å²) in [5, 5.41) is 13.4. The van der Waals surface area contributed by atoms with E-state index in [9.17, 15) is 10.1 Å². The van der Waals surface area contributed by atoms with Crippen molar-refractivity contribution in [2.45, 2.75) is 0 Å². The van der Waals surface area contributed by atoms with Gasteiger partial charge in [0.25, 0.3) is 5.69 Å². The first kappa shape index (κ1) is 14.2. The molecule has 3 rings (SSSR count). The van der Waals surface area contributed by atoms with E-state index in [2.05, 4.69) is 31.9 Å². The number of hydrogen-bond acceptors (Lipinski definition) is 2. The molecule has 0 unspecified atom stereocenters. The predicted octanol–water partition coefficient (Wildman–Crippen LogP) is 5.94. The Hall–Kier alpha value is -1.72. The summed E-state index contributed by atoms with van der Waals surface area (Å²) in [6.07, 6.45) is 0. The Morgan fingerprint density at radius 3 is 2.33 bits per heavy atom. The van der Waals surface area contributed by atoms with Crippen LogP contribution in [-0.4, -0.2) is 4.92 Å². The number of fused-ring (bicyclic) bond motifs is 1. The van der Waals surface area contributed by atoms with Gasteiger partial charge in [-0.2, -0.15) is 0 Å². The lowest BCUT2D eigenvalue weighted by molar-refractivity contribution is -0.384. The van der Waals surface area contributed by atoms with Crippen LogP contribution in [0.1, 0.15) is 0 Å². The molecule has 0 bridgehead atoms. The number of benzene rings is 3. The predicted molar refractivity (Wildman–Crippen MR) is 91.4 cm³/mol. The molecule has 0 fully saturated rings. The molecule has 3 aromatic rings. The van der Waals surface area contributed by atoms with Crippen molar-refractivity contribution in [3.63, 3.8) is 0 Å². The molecule has 3 aromatic carbocycles. The van der Waals surface area contributed by atoms with Crippen molar-refractivity contribution in [3.8, 4) is 11.1 Å². The van der Waals surface area contributed by atoms with Crippen molar-refractivity contribution < 1.29 is 4.92 Å². The van der Waals surface area contributed by atoms with E-state index in [1.54, 1.807) is 6.07 Å². The average Bonchev–Trinajstić information content (AvgIpc) is 2.47. The summed E-state index contributed by atoms with van der Waals surface area (Å²) < 4.78 is 1.62. The molecular weight excluding hydrogens is 398 g/mol.